The van der Waals surface area contributed by atoms with Crippen molar-refractivity contribution in [3.63, 3.8) is 0 Å². The quantitative estimate of drug-likeness (QED) is 0.613. The lowest BCUT2D eigenvalue weighted by atomic mass is 9.90. The molecular weight excluding hydrogens is 192 g/mol. The Morgan fingerprint density at radius 3 is 3.00 bits per heavy atom. The molecule has 0 fully saturated rings. The van der Waals surface area contributed by atoms with Crippen LogP contribution >= 0.6 is 0 Å². The normalized spacial score (nSPS) is 22.7. The van der Waals surface area contributed by atoms with Crippen LogP contribution in [-0.4, -0.2) is 0 Å². The number of benzene rings is 1. The summed E-state index contributed by atoms with van der Waals surface area (Å²) in [6.45, 7) is 2.34. The van der Waals surface area contributed by atoms with Crippen LogP contribution in [0.25, 0.3) is 6.08 Å². The van der Waals surface area contributed by atoms with Gasteiger partial charge in [0.25, 0.3) is 0 Å². The maximum Gasteiger partial charge on any atom is -0.00881 e. The summed E-state index contributed by atoms with van der Waals surface area (Å²) >= 11 is 0. The summed E-state index contributed by atoms with van der Waals surface area (Å²) < 4.78 is 0. The van der Waals surface area contributed by atoms with Crippen LogP contribution in [0.4, 0.5) is 0 Å². The van der Waals surface area contributed by atoms with Gasteiger partial charge in [-0.15, -0.1) is 0 Å². The Balaban J connectivity index is 2.06. The van der Waals surface area contributed by atoms with Crippen molar-refractivity contribution in [1.82, 2.24) is 0 Å². The molecule has 1 aromatic rings. The van der Waals surface area contributed by atoms with Crippen molar-refractivity contribution in [1.29, 1.82) is 0 Å². The van der Waals surface area contributed by atoms with Crippen molar-refractivity contribution in [3.8, 4) is 0 Å². The average Bonchev–Trinajstić information content (AvgIpc) is 2.68. The predicted octanol–water partition coefficient (Wildman–Crippen LogP) is 4.16. The van der Waals surface area contributed by atoms with Gasteiger partial charge in [0.05, 0.1) is 0 Å². The number of hydrogen-bond donors (Lipinski definition) is 0. The average molecular weight is 212 g/mol. The van der Waals surface area contributed by atoms with Crippen LogP contribution < -0.4 is 0 Å². The Labute approximate surface area is 98.4 Å². The summed E-state index contributed by atoms with van der Waals surface area (Å²) in [6, 6.07) is 4.74. The maximum absolute atomic E-state index is 2.39. The van der Waals surface area contributed by atoms with Gasteiger partial charge in [0.1, 0.15) is 0 Å². The standard InChI is InChI=1S/C16H20/c1-2-12-5-3-6-14-10-9-13-7-4-8-15(13)16(14)11-12/h4,8-10,12H,2-3,5-7,11H2,1H3. The van der Waals surface area contributed by atoms with E-state index in [0.717, 1.165) is 12.3 Å². The molecule has 0 aromatic heterocycles. The molecule has 0 saturated carbocycles. The molecule has 0 N–H and O–H groups in total. The molecular formula is C16H20. The molecule has 16 heavy (non-hydrogen) atoms. The van der Waals surface area contributed by atoms with Gasteiger partial charge in [-0.2, -0.15) is 0 Å². The smallest absolute Gasteiger partial charge is 0.00881 e. The second kappa shape index (κ2) is 4.08. The van der Waals surface area contributed by atoms with Crippen LogP contribution in [0.5, 0.6) is 0 Å². The first-order chi connectivity index (χ1) is 7.88. The molecule has 0 aliphatic heterocycles. The largest absolute Gasteiger partial charge is 0.0795 e. The van der Waals surface area contributed by atoms with E-state index in [9.17, 15) is 0 Å². The van der Waals surface area contributed by atoms with Gasteiger partial charge < -0.3 is 0 Å². The van der Waals surface area contributed by atoms with E-state index in [1.807, 2.05) is 0 Å². The van der Waals surface area contributed by atoms with Crippen molar-refractivity contribution in [3.05, 3.63) is 40.5 Å². The minimum atomic E-state index is 0.918. The van der Waals surface area contributed by atoms with Crippen molar-refractivity contribution in [2.24, 2.45) is 5.92 Å². The van der Waals surface area contributed by atoms with Gasteiger partial charge in [-0.1, -0.05) is 37.6 Å². The fraction of sp³-hybridized carbons (Fsp3) is 0.500. The Morgan fingerprint density at radius 2 is 2.12 bits per heavy atom. The molecule has 1 unspecified atom stereocenters. The van der Waals surface area contributed by atoms with Gasteiger partial charge in [-0.05, 0) is 60.3 Å². The van der Waals surface area contributed by atoms with Crippen LogP contribution in [0.15, 0.2) is 18.2 Å². The highest BCUT2D eigenvalue weighted by Gasteiger charge is 2.20. The highest BCUT2D eigenvalue weighted by Crippen LogP contribution is 2.33. The van der Waals surface area contributed by atoms with Gasteiger partial charge in [0, 0.05) is 0 Å². The van der Waals surface area contributed by atoms with E-state index in [1.54, 1.807) is 22.3 Å². The van der Waals surface area contributed by atoms with Gasteiger partial charge in [-0.25, -0.2) is 0 Å². The first-order valence-electron chi connectivity index (χ1n) is 6.68. The van der Waals surface area contributed by atoms with Crippen molar-refractivity contribution in [2.45, 2.75) is 45.4 Å². The predicted molar refractivity (Wildman–Crippen MR) is 69.6 cm³/mol. The van der Waals surface area contributed by atoms with Gasteiger partial charge >= 0.3 is 0 Å². The summed E-state index contributed by atoms with van der Waals surface area (Å²) in [6.07, 6.45) is 12.6. The lowest BCUT2D eigenvalue weighted by Gasteiger charge is -2.15. The van der Waals surface area contributed by atoms with E-state index in [-0.39, 0.29) is 0 Å². The lowest BCUT2D eigenvalue weighted by Crippen LogP contribution is -2.04. The van der Waals surface area contributed by atoms with E-state index in [4.69, 9.17) is 0 Å². The summed E-state index contributed by atoms with van der Waals surface area (Å²) in [5.41, 5.74) is 6.42. The van der Waals surface area contributed by atoms with E-state index in [1.165, 1.54) is 32.1 Å². The number of aryl methyl sites for hydroxylation is 1. The zero-order valence-electron chi connectivity index (χ0n) is 10.1. The third-order valence-electron chi connectivity index (χ3n) is 4.30. The van der Waals surface area contributed by atoms with Crippen LogP contribution in [0.1, 0.15) is 48.4 Å². The second-order valence-electron chi connectivity index (χ2n) is 5.25. The third kappa shape index (κ3) is 1.61. The molecule has 84 valence electrons. The summed E-state index contributed by atoms with van der Waals surface area (Å²) in [5.74, 6) is 0.918. The molecule has 0 amide bonds. The molecule has 3 rings (SSSR count). The first kappa shape index (κ1) is 10.1. The first-order valence-corrected chi connectivity index (χ1v) is 6.68. The molecule has 0 radical (unpaired) electrons. The molecule has 2 aliphatic rings. The Bertz CT molecular complexity index is 426. The molecule has 1 aromatic carbocycles. The fourth-order valence-electron chi connectivity index (χ4n) is 3.24. The van der Waals surface area contributed by atoms with Crippen LogP contribution in [0, 0.1) is 5.92 Å². The lowest BCUT2D eigenvalue weighted by molar-refractivity contribution is 0.466. The molecule has 0 spiro atoms. The van der Waals surface area contributed by atoms with Crippen molar-refractivity contribution >= 4 is 6.08 Å². The van der Waals surface area contributed by atoms with Crippen LogP contribution in [-0.2, 0) is 19.3 Å². The van der Waals surface area contributed by atoms with Crippen LogP contribution in [0.2, 0.25) is 0 Å². The Morgan fingerprint density at radius 1 is 1.25 bits per heavy atom. The van der Waals surface area contributed by atoms with E-state index in [0.29, 0.717) is 0 Å². The third-order valence-corrected chi connectivity index (χ3v) is 4.30. The van der Waals surface area contributed by atoms with Crippen molar-refractivity contribution < 1.29 is 0 Å². The molecule has 0 heteroatoms. The monoisotopic (exact) mass is 212 g/mol. The minimum Gasteiger partial charge on any atom is -0.0795 e. The van der Waals surface area contributed by atoms with E-state index in [2.05, 4.69) is 31.2 Å². The molecule has 0 heterocycles. The summed E-state index contributed by atoms with van der Waals surface area (Å²) in [5, 5.41) is 0. The topological polar surface area (TPSA) is 0 Å². The SMILES string of the molecule is CCC1CCCc2ccc3c(c2C1)C=CC3. The highest BCUT2D eigenvalue weighted by molar-refractivity contribution is 5.65. The zero-order chi connectivity index (χ0) is 11.0. The number of rotatable bonds is 1. The molecule has 0 saturated heterocycles. The fourth-order valence-corrected chi connectivity index (χ4v) is 3.24. The Kier molecular flexibility index (Phi) is 2.59. The second-order valence-corrected chi connectivity index (χ2v) is 5.25. The molecule has 1 atom stereocenters. The highest BCUT2D eigenvalue weighted by atomic mass is 14.2. The van der Waals surface area contributed by atoms with E-state index < -0.39 is 0 Å². The molecule has 0 bridgehead atoms. The van der Waals surface area contributed by atoms with Crippen molar-refractivity contribution in [2.75, 3.05) is 0 Å². The van der Waals surface area contributed by atoms with Crippen LogP contribution in [0.3, 0.4) is 0 Å². The number of hydrogen-bond acceptors (Lipinski definition) is 0. The maximum atomic E-state index is 2.39. The minimum absolute atomic E-state index is 0.918. The summed E-state index contributed by atoms with van der Waals surface area (Å²) in [7, 11) is 0. The number of allylic oxidation sites excluding steroid dienone is 1. The summed E-state index contributed by atoms with van der Waals surface area (Å²) in [4.78, 5) is 0. The van der Waals surface area contributed by atoms with Gasteiger partial charge in [-0.3, -0.25) is 0 Å². The Hall–Kier alpha value is -1.04. The molecule has 2 aliphatic carbocycles. The van der Waals surface area contributed by atoms with Gasteiger partial charge in [0.2, 0.25) is 0 Å². The van der Waals surface area contributed by atoms with Gasteiger partial charge in [0.15, 0.2) is 0 Å². The van der Waals surface area contributed by atoms with E-state index >= 15 is 0 Å². The number of fused-ring (bicyclic) bond motifs is 3. The zero-order valence-corrected chi connectivity index (χ0v) is 10.1. The molecule has 0 nitrogen and oxygen atoms in total.